The average molecular weight is 318 g/mol. The molecule has 120 valence electrons. The third kappa shape index (κ3) is 3.01. The van der Waals surface area contributed by atoms with Gasteiger partial charge >= 0.3 is 0 Å². The van der Waals surface area contributed by atoms with Gasteiger partial charge in [0.1, 0.15) is 6.29 Å². The summed E-state index contributed by atoms with van der Waals surface area (Å²) >= 11 is 0. The normalized spacial score (nSPS) is 10.2. The van der Waals surface area contributed by atoms with Crippen LogP contribution in [0.4, 0.5) is 0 Å². The highest BCUT2D eigenvalue weighted by Gasteiger charge is 2.14. The Labute approximate surface area is 141 Å². The number of rotatable bonds is 5. The second kappa shape index (κ2) is 7.01. The lowest BCUT2D eigenvalue weighted by Gasteiger charge is -2.14. The smallest absolute Gasteiger partial charge is 0.168 e. The van der Waals surface area contributed by atoms with Crippen LogP contribution in [0.1, 0.15) is 10.4 Å². The first-order valence-electron chi connectivity index (χ1n) is 7.64. The Hall–Kier alpha value is -3.07. The lowest BCUT2D eigenvalue weighted by molar-refractivity contribution is 0.112. The molecule has 0 atom stereocenters. The zero-order valence-corrected chi connectivity index (χ0v) is 13.7. The van der Waals surface area contributed by atoms with E-state index in [0.29, 0.717) is 17.1 Å². The fraction of sp³-hybridized carbons (Fsp3) is 0.0952. The highest BCUT2D eigenvalue weighted by molar-refractivity contribution is 5.84. The molecule has 24 heavy (non-hydrogen) atoms. The third-order valence-corrected chi connectivity index (χ3v) is 3.94. The molecule has 3 heteroatoms. The molecule has 0 aliphatic carbocycles. The van der Waals surface area contributed by atoms with E-state index in [2.05, 4.69) is 24.3 Å². The number of aldehydes is 1. The van der Waals surface area contributed by atoms with Gasteiger partial charge in [0.25, 0.3) is 0 Å². The summed E-state index contributed by atoms with van der Waals surface area (Å²) < 4.78 is 10.8. The maximum atomic E-state index is 11.2. The molecule has 0 fully saturated rings. The standard InChI is InChI=1S/C21H18O3/c1-23-20-13-15(14-22)12-19(21(20)24-2)18-10-8-17(9-11-18)16-6-4-3-5-7-16/h3-14H,1-2H3. The lowest BCUT2D eigenvalue weighted by atomic mass is 9.98. The zero-order valence-electron chi connectivity index (χ0n) is 13.7. The number of hydrogen-bond acceptors (Lipinski definition) is 3. The minimum Gasteiger partial charge on any atom is -0.493 e. The molecule has 0 spiro atoms. The Morgan fingerprint density at radius 1 is 0.750 bits per heavy atom. The van der Waals surface area contributed by atoms with Gasteiger partial charge in [0.15, 0.2) is 11.5 Å². The van der Waals surface area contributed by atoms with E-state index in [1.807, 2.05) is 36.4 Å². The van der Waals surface area contributed by atoms with Crippen molar-refractivity contribution >= 4 is 6.29 Å². The summed E-state index contributed by atoms with van der Waals surface area (Å²) in [4.78, 5) is 11.2. The second-order valence-corrected chi connectivity index (χ2v) is 5.37. The molecule has 3 nitrogen and oxygen atoms in total. The summed E-state index contributed by atoms with van der Waals surface area (Å²) in [6, 6.07) is 21.8. The van der Waals surface area contributed by atoms with Crippen molar-refractivity contribution in [1.29, 1.82) is 0 Å². The molecule has 0 aliphatic rings. The fourth-order valence-electron chi connectivity index (χ4n) is 2.74. The van der Waals surface area contributed by atoms with E-state index in [1.165, 1.54) is 0 Å². The summed E-state index contributed by atoms with van der Waals surface area (Å²) in [6.07, 6.45) is 0.809. The van der Waals surface area contributed by atoms with E-state index >= 15 is 0 Å². The topological polar surface area (TPSA) is 35.5 Å². The fourth-order valence-corrected chi connectivity index (χ4v) is 2.74. The Kier molecular flexibility index (Phi) is 4.62. The van der Waals surface area contributed by atoms with E-state index < -0.39 is 0 Å². The first-order chi connectivity index (χ1) is 11.8. The number of carbonyl (C=O) groups is 1. The Balaban J connectivity index is 2.07. The molecule has 0 aromatic heterocycles. The van der Waals surface area contributed by atoms with Gasteiger partial charge in [-0.25, -0.2) is 0 Å². The van der Waals surface area contributed by atoms with Gasteiger partial charge in [-0.05, 0) is 28.8 Å². The van der Waals surface area contributed by atoms with Crippen LogP contribution >= 0.6 is 0 Å². The number of methoxy groups -OCH3 is 2. The first kappa shape index (κ1) is 15.8. The Morgan fingerprint density at radius 2 is 1.38 bits per heavy atom. The molecule has 0 unspecified atom stereocenters. The zero-order chi connectivity index (χ0) is 16.9. The third-order valence-electron chi connectivity index (χ3n) is 3.94. The number of hydrogen-bond donors (Lipinski definition) is 0. The molecule has 0 saturated heterocycles. The van der Waals surface area contributed by atoms with Crippen molar-refractivity contribution < 1.29 is 14.3 Å². The van der Waals surface area contributed by atoms with E-state index in [4.69, 9.17) is 9.47 Å². The van der Waals surface area contributed by atoms with Crippen molar-refractivity contribution in [1.82, 2.24) is 0 Å². The maximum Gasteiger partial charge on any atom is 0.168 e. The number of ether oxygens (including phenoxy) is 2. The lowest BCUT2D eigenvalue weighted by Crippen LogP contribution is -1.96. The number of carbonyl (C=O) groups excluding carboxylic acids is 1. The van der Waals surface area contributed by atoms with Crippen LogP contribution in [0.15, 0.2) is 66.7 Å². The quantitative estimate of drug-likeness (QED) is 0.631. The maximum absolute atomic E-state index is 11.2. The predicted octanol–water partition coefficient (Wildman–Crippen LogP) is 4.85. The number of benzene rings is 3. The molecular formula is C21H18O3. The monoisotopic (exact) mass is 318 g/mol. The second-order valence-electron chi connectivity index (χ2n) is 5.37. The van der Waals surface area contributed by atoms with Crippen molar-refractivity contribution in [3.8, 4) is 33.8 Å². The summed E-state index contributed by atoms with van der Waals surface area (Å²) in [5, 5.41) is 0. The molecule has 0 aliphatic heterocycles. The Morgan fingerprint density at radius 3 is 1.96 bits per heavy atom. The van der Waals surface area contributed by atoms with Crippen molar-refractivity contribution in [2.45, 2.75) is 0 Å². The van der Waals surface area contributed by atoms with Crippen molar-refractivity contribution in [3.63, 3.8) is 0 Å². The molecule has 0 saturated carbocycles. The Bertz CT molecular complexity index is 837. The van der Waals surface area contributed by atoms with Crippen LogP contribution < -0.4 is 9.47 Å². The summed E-state index contributed by atoms with van der Waals surface area (Å²) in [7, 11) is 3.16. The molecule has 3 aromatic carbocycles. The molecule has 0 amide bonds. The van der Waals surface area contributed by atoms with Gasteiger partial charge in [0, 0.05) is 11.1 Å². The predicted molar refractivity (Wildman–Crippen MR) is 95.8 cm³/mol. The van der Waals surface area contributed by atoms with Crippen LogP contribution in [0.25, 0.3) is 22.3 Å². The van der Waals surface area contributed by atoms with Gasteiger partial charge in [-0.15, -0.1) is 0 Å². The highest BCUT2D eigenvalue weighted by Crippen LogP contribution is 2.39. The van der Waals surface area contributed by atoms with E-state index in [0.717, 1.165) is 28.5 Å². The van der Waals surface area contributed by atoms with Crippen molar-refractivity contribution in [2.24, 2.45) is 0 Å². The van der Waals surface area contributed by atoms with Gasteiger partial charge in [-0.2, -0.15) is 0 Å². The van der Waals surface area contributed by atoms with Crippen LogP contribution in [0.2, 0.25) is 0 Å². The van der Waals surface area contributed by atoms with Gasteiger partial charge < -0.3 is 9.47 Å². The average Bonchev–Trinajstić information content (AvgIpc) is 2.67. The van der Waals surface area contributed by atoms with Gasteiger partial charge in [0.05, 0.1) is 14.2 Å². The summed E-state index contributed by atoms with van der Waals surface area (Å²) in [5.74, 6) is 1.17. The van der Waals surface area contributed by atoms with E-state index in [-0.39, 0.29) is 0 Å². The molecular weight excluding hydrogens is 300 g/mol. The van der Waals surface area contributed by atoms with Crippen LogP contribution in [-0.2, 0) is 0 Å². The highest BCUT2D eigenvalue weighted by atomic mass is 16.5. The summed E-state index contributed by atoms with van der Waals surface area (Å²) in [6.45, 7) is 0. The minimum absolute atomic E-state index is 0.546. The SMILES string of the molecule is COc1cc(C=O)cc(-c2ccc(-c3ccccc3)cc2)c1OC. The summed E-state index contributed by atoms with van der Waals surface area (Å²) in [5.41, 5.74) is 4.65. The molecule has 0 radical (unpaired) electrons. The molecule has 0 bridgehead atoms. The largest absolute Gasteiger partial charge is 0.493 e. The molecule has 3 rings (SSSR count). The minimum atomic E-state index is 0.546. The van der Waals surface area contributed by atoms with E-state index in [9.17, 15) is 4.79 Å². The van der Waals surface area contributed by atoms with Gasteiger partial charge in [-0.1, -0.05) is 54.6 Å². The van der Waals surface area contributed by atoms with Crippen molar-refractivity contribution in [3.05, 3.63) is 72.3 Å². The van der Waals surface area contributed by atoms with Gasteiger partial charge in [-0.3, -0.25) is 4.79 Å². The molecule has 3 aromatic rings. The van der Waals surface area contributed by atoms with Gasteiger partial charge in [0.2, 0.25) is 0 Å². The first-order valence-corrected chi connectivity index (χ1v) is 7.64. The van der Waals surface area contributed by atoms with E-state index in [1.54, 1.807) is 20.3 Å². The molecule has 0 heterocycles. The van der Waals surface area contributed by atoms with Crippen LogP contribution in [0.3, 0.4) is 0 Å². The van der Waals surface area contributed by atoms with Crippen LogP contribution in [-0.4, -0.2) is 20.5 Å². The van der Waals surface area contributed by atoms with Crippen molar-refractivity contribution in [2.75, 3.05) is 14.2 Å². The van der Waals surface area contributed by atoms with Crippen LogP contribution in [0, 0.1) is 0 Å². The molecule has 0 N–H and O–H groups in total. The van der Waals surface area contributed by atoms with Crippen LogP contribution in [0.5, 0.6) is 11.5 Å².